The third kappa shape index (κ3) is 7.26. The van der Waals surface area contributed by atoms with Crippen LogP contribution in [0.3, 0.4) is 0 Å². The molecule has 0 aliphatic carbocycles. The van der Waals surface area contributed by atoms with E-state index in [-0.39, 0.29) is 18.1 Å². The standard InChI is InChI=1S/C20H27FN4O2S/c1-13(2)10-25(11-14(3)4)18(26)9-17-12-28-20(23-17)24-19(27)22-16-7-5-15(21)6-8-16/h5-8,12-14H,9-11H2,1-4H3,(H2,22,23,24,27). The topological polar surface area (TPSA) is 74.3 Å². The second-order valence-corrected chi connectivity index (χ2v) is 8.35. The van der Waals surface area contributed by atoms with E-state index >= 15 is 0 Å². The zero-order chi connectivity index (χ0) is 20.7. The van der Waals surface area contributed by atoms with Gasteiger partial charge >= 0.3 is 6.03 Å². The fourth-order valence-electron chi connectivity index (χ4n) is 2.66. The molecule has 0 bridgehead atoms. The molecule has 6 nitrogen and oxygen atoms in total. The number of aromatic nitrogens is 1. The molecule has 152 valence electrons. The Morgan fingerprint density at radius 1 is 1.07 bits per heavy atom. The van der Waals surface area contributed by atoms with Crippen LogP contribution in [-0.4, -0.2) is 34.9 Å². The number of nitrogens with zero attached hydrogens (tertiary/aromatic N) is 2. The molecule has 0 spiro atoms. The van der Waals surface area contributed by atoms with Gasteiger partial charge in [0.15, 0.2) is 5.13 Å². The first-order chi connectivity index (χ1) is 13.2. The Kier molecular flexibility index (Phi) is 7.92. The van der Waals surface area contributed by atoms with Gasteiger partial charge in [-0.15, -0.1) is 11.3 Å². The molecule has 1 aromatic heterocycles. The van der Waals surface area contributed by atoms with E-state index < -0.39 is 6.03 Å². The van der Waals surface area contributed by atoms with E-state index in [1.165, 1.54) is 35.6 Å². The van der Waals surface area contributed by atoms with E-state index in [1.54, 1.807) is 5.38 Å². The van der Waals surface area contributed by atoms with Crippen LogP contribution in [0.4, 0.5) is 20.0 Å². The molecule has 0 radical (unpaired) electrons. The Bertz CT molecular complexity index is 780. The summed E-state index contributed by atoms with van der Waals surface area (Å²) in [6.07, 6.45) is 0.206. The molecule has 2 aromatic rings. The molecular weight excluding hydrogens is 379 g/mol. The van der Waals surface area contributed by atoms with Gasteiger partial charge in [-0.2, -0.15) is 0 Å². The van der Waals surface area contributed by atoms with Gasteiger partial charge in [0.25, 0.3) is 0 Å². The summed E-state index contributed by atoms with van der Waals surface area (Å²) in [5.41, 5.74) is 1.11. The number of urea groups is 1. The van der Waals surface area contributed by atoms with Crippen LogP contribution in [0.2, 0.25) is 0 Å². The summed E-state index contributed by atoms with van der Waals surface area (Å²) in [5, 5.41) is 7.41. The minimum Gasteiger partial charge on any atom is -0.342 e. The third-order valence-corrected chi connectivity index (χ3v) is 4.54. The molecule has 0 fully saturated rings. The Morgan fingerprint density at radius 3 is 2.25 bits per heavy atom. The van der Waals surface area contributed by atoms with Gasteiger partial charge in [-0.3, -0.25) is 10.1 Å². The predicted octanol–water partition coefficient (Wildman–Crippen LogP) is 4.61. The monoisotopic (exact) mass is 406 g/mol. The minimum absolute atomic E-state index is 0.0370. The molecule has 0 atom stereocenters. The molecule has 0 aliphatic heterocycles. The molecular formula is C20H27FN4O2S. The quantitative estimate of drug-likeness (QED) is 0.672. The van der Waals surface area contributed by atoms with Gasteiger partial charge in [0.05, 0.1) is 12.1 Å². The molecule has 2 rings (SSSR count). The first-order valence-corrected chi connectivity index (χ1v) is 10.2. The molecule has 0 saturated carbocycles. The summed E-state index contributed by atoms with van der Waals surface area (Å²) in [7, 11) is 0. The zero-order valence-corrected chi connectivity index (χ0v) is 17.5. The molecule has 0 saturated heterocycles. The number of thiazole rings is 1. The van der Waals surface area contributed by atoms with E-state index in [0.717, 1.165) is 0 Å². The molecule has 8 heteroatoms. The van der Waals surface area contributed by atoms with E-state index in [9.17, 15) is 14.0 Å². The van der Waals surface area contributed by atoms with Crippen LogP contribution in [0.25, 0.3) is 0 Å². The van der Waals surface area contributed by atoms with E-state index in [2.05, 4.69) is 43.3 Å². The van der Waals surface area contributed by atoms with Gasteiger partial charge in [0, 0.05) is 24.2 Å². The molecule has 1 aromatic carbocycles. The smallest absolute Gasteiger partial charge is 0.325 e. The van der Waals surface area contributed by atoms with Crippen molar-refractivity contribution in [3.05, 3.63) is 41.2 Å². The Balaban J connectivity index is 1.92. The van der Waals surface area contributed by atoms with Crippen molar-refractivity contribution in [2.75, 3.05) is 23.7 Å². The van der Waals surface area contributed by atoms with Crippen LogP contribution in [0.1, 0.15) is 33.4 Å². The number of rotatable bonds is 8. The summed E-state index contributed by atoms with van der Waals surface area (Å²) in [6, 6.07) is 5.00. The van der Waals surface area contributed by atoms with Crippen LogP contribution in [0.15, 0.2) is 29.6 Å². The summed E-state index contributed by atoms with van der Waals surface area (Å²) in [6.45, 7) is 9.78. The minimum atomic E-state index is -0.472. The first kappa shape index (κ1) is 21.8. The zero-order valence-electron chi connectivity index (χ0n) is 16.7. The highest BCUT2D eigenvalue weighted by molar-refractivity contribution is 7.14. The highest BCUT2D eigenvalue weighted by Gasteiger charge is 2.18. The highest BCUT2D eigenvalue weighted by Crippen LogP contribution is 2.18. The number of anilines is 2. The average molecular weight is 407 g/mol. The maximum absolute atomic E-state index is 12.9. The van der Waals surface area contributed by atoms with Crippen molar-refractivity contribution in [3.63, 3.8) is 0 Å². The number of amides is 3. The van der Waals surface area contributed by atoms with Crippen LogP contribution in [0.5, 0.6) is 0 Å². The van der Waals surface area contributed by atoms with Crippen LogP contribution in [0, 0.1) is 17.7 Å². The van der Waals surface area contributed by atoms with Crippen LogP contribution >= 0.6 is 11.3 Å². The van der Waals surface area contributed by atoms with Crippen molar-refractivity contribution in [3.8, 4) is 0 Å². The Labute approximate surface area is 169 Å². The molecule has 28 heavy (non-hydrogen) atoms. The summed E-state index contributed by atoms with van der Waals surface area (Å²) < 4.78 is 12.9. The molecule has 0 aliphatic rings. The second kappa shape index (κ2) is 10.2. The fourth-order valence-corrected chi connectivity index (χ4v) is 3.37. The number of nitrogens with one attached hydrogen (secondary N) is 2. The molecule has 1 heterocycles. The molecule has 2 N–H and O–H groups in total. The SMILES string of the molecule is CC(C)CN(CC(C)C)C(=O)Cc1csc(NC(=O)Nc2ccc(F)cc2)n1. The summed E-state index contributed by atoms with van der Waals surface area (Å²) in [4.78, 5) is 30.9. The van der Waals surface area contributed by atoms with E-state index in [4.69, 9.17) is 0 Å². The van der Waals surface area contributed by atoms with E-state index in [1.807, 2.05) is 4.90 Å². The second-order valence-electron chi connectivity index (χ2n) is 7.49. The van der Waals surface area contributed by atoms with Crippen molar-refractivity contribution >= 4 is 34.1 Å². The lowest BCUT2D eigenvalue weighted by Crippen LogP contribution is -2.38. The third-order valence-electron chi connectivity index (χ3n) is 3.73. The first-order valence-electron chi connectivity index (χ1n) is 9.28. The lowest BCUT2D eigenvalue weighted by atomic mass is 10.1. The van der Waals surface area contributed by atoms with Gasteiger partial charge in [0.1, 0.15) is 5.82 Å². The maximum Gasteiger partial charge on any atom is 0.325 e. The summed E-state index contributed by atoms with van der Waals surface area (Å²) in [5.74, 6) is 0.454. The van der Waals surface area contributed by atoms with Gasteiger partial charge in [0.2, 0.25) is 5.91 Å². The largest absolute Gasteiger partial charge is 0.342 e. The molecule has 3 amide bonds. The van der Waals surface area contributed by atoms with Crippen LogP contribution < -0.4 is 10.6 Å². The van der Waals surface area contributed by atoms with Gasteiger partial charge in [-0.1, -0.05) is 27.7 Å². The van der Waals surface area contributed by atoms with Crippen molar-refractivity contribution in [2.45, 2.75) is 34.1 Å². The number of hydrogen-bond acceptors (Lipinski definition) is 4. The van der Waals surface area contributed by atoms with Gasteiger partial charge in [-0.25, -0.2) is 14.2 Å². The predicted molar refractivity (Wildman–Crippen MR) is 111 cm³/mol. The highest BCUT2D eigenvalue weighted by atomic mass is 32.1. The number of carbonyl (C=O) groups is 2. The average Bonchev–Trinajstić information content (AvgIpc) is 3.02. The van der Waals surface area contributed by atoms with Crippen molar-refractivity contribution in [1.82, 2.24) is 9.88 Å². The normalized spacial score (nSPS) is 11.0. The Hall–Kier alpha value is -2.48. The van der Waals surface area contributed by atoms with Gasteiger partial charge < -0.3 is 10.2 Å². The fraction of sp³-hybridized carbons (Fsp3) is 0.450. The lowest BCUT2D eigenvalue weighted by Gasteiger charge is -2.26. The lowest BCUT2D eigenvalue weighted by molar-refractivity contribution is -0.131. The number of benzene rings is 1. The number of hydrogen-bond donors (Lipinski definition) is 2. The summed E-state index contributed by atoms with van der Waals surface area (Å²) >= 11 is 1.26. The van der Waals surface area contributed by atoms with E-state index in [0.29, 0.717) is 41.4 Å². The van der Waals surface area contributed by atoms with Crippen molar-refractivity contribution < 1.29 is 14.0 Å². The number of carbonyl (C=O) groups excluding carboxylic acids is 2. The van der Waals surface area contributed by atoms with Gasteiger partial charge in [-0.05, 0) is 36.1 Å². The van der Waals surface area contributed by atoms with Crippen molar-refractivity contribution in [2.24, 2.45) is 11.8 Å². The maximum atomic E-state index is 12.9. The number of halogens is 1. The Morgan fingerprint density at radius 2 is 1.68 bits per heavy atom. The van der Waals surface area contributed by atoms with Crippen molar-refractivity contribution in [1.29, 1.82) is 0 Å². The van der Waals surface area contributed by atoms with Crippen LogP contribution in [-0.2, 0) is 11.2 Å². The molecule has 0 unspecified atom stereocenters.